The van der Waals surface area contributed by atoms with Crippen LogP contribution in [-0.4, -0.2) is 29.8 Å². The lowest BCUT2D eigenvalue weighted by Gasteiger charge is -2.21. The average molecular weight is 355 g/mol. The summed E-state index contributed by atoms with van der Waals surface area (Å²) >= 11 is 1.48. The van der Waals surface area contributed by atoms with E-state index in [1.807, 2.05) is 19.2 Å². The molecule has 2 aromatic carbocycles. The highest BCUT2D eigenvalue weighted by Gasteiger charge is 2.34. The standard InChI is InChI=1S/C19H17NO4S/c1-3-24-12-8-9-15(17(10-12)25-2)20-16(11-18(21)22)13-6-4-5-7-14(13)19(20)23/h4-11H,3H2,1-2H3,(H,21,22)/b16-11+. The second-order valence-electron chi connectivity index (χ2n) is 5.32. The second-order valence-corrected chi connectivity index (χ2v) is 6.17. The Balaban J connectivity index is 2.16. The maximum atomic E-state index is 12.9. The molecule has 3 rings (SSSR count). The van der Waals surface area contributed by atoms with E-state index in [9.17, 15) is 14.7 Å². The van der Waals surface area contributed by atoms with Gasteiger partial charge in [0.2, 0.25) is 0 Å². The van der Waals surface area contributed by atoms with E-state index in [-0.39, 0.29) is 5.91 Å². The highest BCUT2D eigenvalue weighted by atomic mass is 32.2. The van der Waals surface area contributed by atoms with E-state index in [0.29, 0.717) is 34.9 Å². The Morgan fingerprint density at radius 3 is 2.60 bits per heavy atom. The number of rotatable bonds is 5. The third-order valence-corrected chi connectivity index (χ3v) is 4.61. The van der Waals surface area contributed by atoms with Crippen molar-refractivity contribution in [2.24, 2.45) is 0 Å². The van der Waals surface area contributed by atoms with Crippen molar-refractivity contribution in [3.8, 4) is 5.75 Å². The van der Waals surface area contributed by atoms with Gasteiger partial charge in [-0.25, -0.2) is 4.79 Å². The fourth-order valence-corrected chi connectivity index (χ4v) is 3.44. The molecule has 1 aliphatic heterocycles. The maximum Gasteiger partial charge on any atom is 0.330 e. The van der Waals surface area contributed by atoms with Crippen molar-refractivity contribution in [3.05, 3.63) is 59.7 Å². The predicted octanol–water partition coefficient (Wildman–Crippen LogP) is 3.89. The van der Waals surface area contributed by atoms with Crippen LogP contribution in [0.5, 0.6) is 5.75 Å². The van der Waals surface area contributed by atoms with Crippen LogP contribution < -0.4 is 9.64 Å². The van der Waals surface area contributed by atoms with Gasteiger partial charge in [-0.15, -0.1) is 11.8 Å². The van der Waals surface area contributed by atoms with Crippen molar-refractivity contribution < 1.29 is 19.4 Å². The highest BCUT2D eigenvalue weighted by molar-refractivity contribution is 7.98. The number of amides is 1. The number of ether oxygens (including phenoxy) is 1. The van der Waals surface area contributed by atoms with Crippen LogP contribution in [0.25, 0.3) is 5.70 Å². The fraction of sp³-hybridized carbons (Fsp3) is 0.158. The van der Waals surface area contributed by atoms with Crippen LogP contribution in [0.1, 0.15) is 22.8 Å². The fourth-order valence-electron chi connectivity index (χ4n) is 2.84. The van der Waals surface area contributed by atoms with E-state index in [4.69, 9.17) is 4.74 Å². The zero-order valence-corrected chi connectivity index (χ0v) is 14.7. The quantitative estimate of drug-likeness (QED) is 0.651. The Morgan fingerprint density at radius 1 is 1.24 bits per heavy atom. The number of hydrogen-bond donors (Lipinski definition) is 1. The predicted molar refractivity (Wildman–Crippen MR) is 98.3 cm³/mol. The molecular formula is C19H17NO4S. The van der Waals surface area contributed by atoms with Crippen molar-refractivity contribution >= 4 is 35.0 Å². The van der Waals surface area contributed by atoms with Crippen LogP contribution >= 0.6 is 11.8 Å². The summed E-state index contributed by atoms with van der Waals surface area (Å²) < 4.78 is 5.52. The second kappa shape index (κ2) is 7.03. The minimum Gasteiger partial charge on any atom is -0.494 e. The number of carboxylic acid groups (broad SMARTS) is 1. The molecule has 1 heterocycles. The molecule has 0 saturated carbocycles. The van der Waals surface area contributed by atoms with Gasteiger partial charge in [-0.3, -0.25) is 9.69 Å². The molecule has 0 spiro atoms. The molecule has 25 heavy (non-hydrogen) atoms. The van der Waals surface area contributed by atoms with Gasteiger partial charge in [-0.05, 0) is 37.4 Å². The number of nitrogens with zero attached hydrogens (tertiary/aromatic N) is 1. The van der Waals surface area contributed by atoms with Crippen LogP contribution in [0.3, 0.4) is 0 Å². The van der Waals surface area contributed by atoms with Gasteiger partial charge < -0.3 is 9.84 Å². The Hall–Kier alpha value is -2.73. The van der Waals surface area contributed by atoms with Crippen LogP contribution in [0.2, 0.25) is 0 Å². The van der Waals surface area contributed by atoms with Crippen molar-refractivity contribution in [2.45, 2.75) is 11.8 Å². The van der Waals surface area contributed by atoms with Crippen molar-refractivity contribution in [1.82, 2.24) is 0 Å². The molecule has 2 aromatic rings. The van der Waals surface area contributed by atoms with Gasteiger partial charge in [0.15, 0.2) is 0 Å². The molecular weight excluding hydrogens is 338 g/mol. The first kappa shape index (κ1) is 17.1. The van der Waals surface area contributed by atoms with Crippen molar-refractivity contribution in [2.75, 3.05) is 17.8 Å². The summed E-state index contributed by atoms with van der Waals surface area (Å²) in [6.45, 7) is 2.45. The van der Waals surface area contributed by atoms with Crippen LogP contribution in [0.15, 0.2) is 53.4 Å². The molecule has 1 N–H and O–H groups in total. The lowest BCUT2D eigenvalue weighted by Crippen LogP contribution is -2.23. The van der Waals surface area contributed by atoms with Gasteiger partial charge >= 0.3 is 5.97 Å². The number of carbonyl (C=O) groups is 2. The Bertz CT molecular complexity index is 875. The van der Waals surface area contributed by atoms with Gasteiger partial charge in [0.05, 0.1) is 18.0 Å². The summed E-state index contributed by atoms with van der Waals surface area (Å²) in [7, 11) is 0. The lowest BCUT2D eigenvalue weighted by molar-refractivity contribution is -0.131. The largest absolute Gasteiger partial charge is 0.494 e. The number of carboxylic acids is 1. The normalized spacial score (nSPS) is 14.7. The van der Waals surface area contributed by atoms with Crippen LogP contribution in [0.4, 0.5) is 5.69 Å². The number of aliphatic carboxylic acids is 1. The zero-order valence-electron chi connectivity index (χ0n) is 13.9. The van der Waals surface area contributed by atoms with E-state index in [2.05, 4.69) is 0 Å². The summed E-state index contributed by atoms with van der Waals surface area (Å²) in [5.41, 5.74) is 2.13. The van der Waals surface area contributed by atoms with Crippen LogP contribution in [-0.2, 0) is 4.79 Å². The lowest BCUT2D eigenvalue weighted by atomic mass is 10.1. The molecule has 0 saturated heterocycles. The van der Waals surface area contributed by atoms with E-state index in [0.717, 1.165) is 11.0 Å². The SMILES string of the molecule is CCOc1ccc(N2C(=O)c3ccccc3/C2=C\C(=O)O)c(SC)c1. The molecule has 0 unspecified atom stereocenters. The number of thioether (sulfide) groups is 1. The van der Waals surface area contributed by atoms with Gasteiger partial charge in [0.1, 0.15) is 5.75 Å². The van der Waals surface area contributed by atoms with Crippen LogP contribution in [0, 0.1) is 0 Å². The number of anilines is 1. The molecule has 5 nitrogen and oxygen atoms in total. The molecule has 6 heteroatoms. The third-order valence-electron chi connectivity index (χ3n) is 3.84. The third kappa shape index (κ3) is 3.13. The number of fused-ring (bicyclic) bond motifs is 1. The summed E-state index contributed by atoms with van der Waals surface area (Å²) in [6.07, 6.45) is 2.98. The Kier molecular flexibility index (Phi) is 4.81. The number of carbonyl (C=O) groups excluding carboxylic acids is 1. The molecule has 128 valence electrons. The van der Waals surface area contributed by atoms with Gasteiger partial charge in [0, 0.05) is 22.1 Å². The minimum atomic E-state index is -1.10. The molecule has 0 radical (unpaired) electrons. The molecule has 0 atom stereocenters. The minimum absolute atomic E-state index is 0.234. The van der Waals surface area contributed by atoms with E-state index in [1.54, 1.807) is 36.4 Å². The summed E-state index contributed by atoms with van der Waals surface area (Å²) in [5, 5.41) is 9.25. The first-order chi connectivity index (χ1) is 12.1. The molecule has 0 fully saturated rings. The molecule has 0 bridgehead atoms. The van der Waals surface area contributed by atoms with Crippen molar-refractivity contribution in [3.63, 3.8) is 0 Å². The molecule has 1 aliphatic rings. The zero-order chi connectivity index (χ0) is 18.0. The first-order valence-electron chi connectivity index (χ1n) is 7.76. The maximum absolute atomic E-state index is 12.9. The first-order valence-corrected chi connectivity index (χ1v) is 8.98. The van der Waals surface area contributed by atoms with E-state index in [1.165, 1.54) is 16.7 Å². The number of hydrogen-bond acceptors (Lipinski definition) is 4. The summed E-state index contributed by atoms with van der Waals surface area (Å²) in [4.78, 5) is 26.5. The highest BCUT2D eigenvalue weighted by Crippen LogP contribution is 2.41. The topological polar surface area (TPSA) is 66.8 Å². The van der Waals surface area contributed by atoms with E-state index < -0.39 is 5.97 Å². The summed E-state index contributed by atoms with van der Waals surface area (Å²) in [6, 6.07) is 12.5. The Morgan fingerprint density at radius 2 is 1.96 bits per heavy atom. The van der Waals surface area contributed by atoms with E-state index >= 15 is 0 Å². The van der Waals surface area contributed by atoms with Gasteiger partial charge in [-0.1, -0.05) is 18.2 Å². The van der Waals surface area contributed by atoms with Gasteiger partial charge in [0.25, 0.3) is 5.91 Å². The average Bonchev–Trinajstić information content (AvgIpc) is 2.87. The molecule has 0 aliphatic carbocycles. The molecule has 1 amide bonds. The monoisotopic (exact) mass is 355 g/mol. The Labute approximate surface area is 149 Å². The molecule has 0 aromatic heterocycles. The smallest absolute Gasteiger partial charge is 0.330 e. The number of benzene rings is 2. The van der Waals surface area contributed by atoms with Crippen molar-refractivity contribution in [1.29, 1.82) is 0 Å². The summed E-state index contributed by atoms with van der Waals surface area (Å²) in [5.74, 6) is -0.618. The van der Waals surface area contributed by atoms with Gasteiger partial charge in [-0.2, -0.15) is 0 Å².